The number of benzene rings is 1. The molecule has 0 fully saturated rings. The molecule has 1 atom stereocenters. The first kappa shape index (κ1) is 16.7. The van der Waals surface area contributed by atoms with Crippen molar-refractivity contribution in [3.8, 4) is 0 Å². The first-order valence-electron chi connectivity index (χ1n) is 7.61. The molecule has 1 aromatic carbocycles. The fourth-order valence-corrected chi connectivity index (χ4v) is 4.30. The van der Waals surface area contributed by atoms with E-state index in [0.29, 0.717) is 6.04 Å². The molecule has 0 bridgehead atoms. The van der Waals surface area contributed by atoms with Gasteiger partial charge in [0.15, 0.2) is 0 Å². The molecule has 0 saturated heterocycles. The van der Waals surface area contributed by atoms with E-state index in [1.165, 1.54) is 31.8 Å². The SMILES string of the molecule is CCCNC(Cc1cc(C)cc(C)c1)Cc1ccc(Br)s1. The minimum absolute atomic E-state index is 0.511. The molecule has 0 aliphatic carbocycles. The van der Waals surface area contributed by atoms with Crippen molar-refractivity contribution in [3.05, 3.63) is 55.7 Å². The largest absolute Gasteiger partial charge is 0.313 e. The van der Waals surface area contributed by atoms with Gasteiger partial charge in [-0.2, -0.15) is 0 Å². The van der Waals surface area contributed by atoms with Crippen molar-refractivity contribution in [2.45, 2.75) is 46.1 Å². The van der Waals surface area contributed by atoms with Crippen molar-refractivity contribution >= 4 is 27.3 Å². The van der Waals surface area contributed by atoms with Crippen molar-refractivity contribution in [1.29, 1.82) is 0 Å². The Morgan fingerprint density at radius 1 is 1.10 bits per heavy atom. The van der Waals surface area contributed by atoms with Crippen LogP contribution in [-0.4, -0.2) is 12.6 Å². The van der Waals surface area contributed by atoms with Gasteiger partial charge in [-0.1, -0.05) is 36.2 Å². The summed E-state index contributed by atoms with van der Waals surface area (Å²) < 4.78 is 1.22. The molecule has 1 unspecified atom stereocenters. The van der Waals surface area contributed by atoms with E-state index in [9.17, 15) is 0 Å². The quantitative estimate of drug-likeness (QED) is 0.703. The lowest BCUT2D eigenvalue weighted by Crippen LogP contribution is -2.33. The Hall–Kier alpha value is -0.640. The lowest BCUT2D eigenvalue weighted by Gasteiger charge is -2.18. The molecule has 1 N–H and O–H groups in total. The number of halogens is 1. The summed E-state index contributed by atoms with van der Waals surface area (Å²) in [5, 5.41) is 3.71. The van der Waals surface area contributed by atoms with E-state index in [4.69, 9.17) is 0 Å². The van der Waals surface area contributed by atoms with Crippen molar-refractivity contribution in [2.24, 2.45) is 0 Å². The molecular formula is C18H24BrNS. The van der Waals surface area contributed by atoms with E-state index in [1.807, 2.05) is 11.3 Å². The molecule has 21 heavy (non-hydrogen) atoms. The molecule has 2 aromatic rings. The van der Waals surface area contributed by atoms with Gasteiger partial charge in [0.1, 0.15) is 0 Å². The minimum atomic E-state index is 0.511. The molecule has 0 spiro atoms. The smallest absolute Gasteiger partial charge is 0.0701 e. The van der Waals surface area contributed by atoms with Crippen molar-refractivity contribution in [2.75, 3.05) is 6.54 Å². The van der Waals surface area contributed by atoms with E-state index >= 15 is 0 Å². The summed E-state index contributed by atoms with van der Waals surface area (Å²) in [6.45, 7) is 7.67. The third kappa shape index (κ3) is 5.57. The molecule has 114 valence electrons. The Morgan fingerprint density at radius 3 is 2.38 bits per heavy atom. The van der Waals surface area contributed by atoms with Gasteiger partial charge >= 0.3 is 0 Å². The molecule has 0 aliphatic rings. The second-order valence-electron chi connectivity index (χ2n) is 5.76. The summed E-state index contributed by atoms with van der Waals surface area (Å²) >= 11 is 5.40. The molecule has 0 saturated carbocycles. The van der Waals surface area contributed by atoms with Crippen LogP contribution in [0.4, 0.5) is 0 Å². The summed E-state index contributed by atoms with van der Waals surface area (Å²) in [7, 11) is 0. The van der Waals surface area contributed by atoms with Crippen LogP contribution < -0.4 is 5.32 Å². The Kier molecular flexibility index (Phi) is 6.46. The summed E-state index contributed by atoms with van der Waals surface area (Å²) in [6, 6.07) is 11.8. The zero-order valence-corrected chi connectivity index (χ0v) is 15.5. The summed E-state index contributed by atoms with van der Waals surface area (Å²) in [5.74, 6) is 0. The van der Waals surface area contributed by atoms with Gasteiger partial charge < -0.3 is 5.32 Å². The maximum Gasteiger partial charge on any atom is 0.0701 e. The predicted octanol–water partition coefficient (Wildman–Crippen LogP) is 5.28. The zero-order chi connectivity index (χ0) is 15.2. The van der Waals surface area contributed by atoms with E-state index in [-0.39, 0.29) is 0 Å². The van der Waals surface area contributed by atoms with Crippen LogP contribution in [-0.2, 0) is 12.8 Å². The molecule has 3 heteroatoms. The van der Waals surface area contributed by atoms with Crippen LogP contribution in [0.2, 0.25) is 0 Å². The number of hydrogen-bond acceptors (Lipinski definition) is 2. The van der Waals surface area contributed by atoms with Gasteiger partial charge in [0.25, 0.3) is 0 Å². The van der Waals surface area contributed by atoms with Crippen molar-refractivity contribution in [3.63, 3.8) is 0 Å². The number of thiophene rings is 1. The van der Waals surface area contributed by atoms with Crippen LogP contribution in [0.5, 0.6) is 0 Å². The van der Waals surface area contributed by atoms with Crippen molar-refractivity contribution < 1.29 is 0 Å². The lowest BCUT2D eigenvalue weighted by atomic mass is 9.99. The molecule has 1 heterocycles. The molecular weight excluding hydrogens is 342 g/mol. The van der Waals surface area contributed by atoms with Gasteiger partial charge in [-0.05, 0) is 73.3 Å². The van der Waals surface area contributed by atoms with Gasteiger partial charge in [-0.15, -0.1) is 11.3 Å². The molecule has 0 radical (unpaired) electrons. The van der Waals surface area contributed by atoms with Gasteiger partial charge in [-0.25, -0.2) is 0 Å². The predicted molar refractivity (Wildman–Crippen MR) is 97.4 cm³/mol. The van der Waals surface area contributed by atoms with Crippen LogP contribution in [0, 0.1) is 13.8 Å². The third-order valence-corrected chi connectivity index (χ3v) is 5.17. The normalized spacial score (nSPS) is 12.6. The maximum atomic E-state index is 3.71. The summed E-state index contributed by atoms with van der Waals surface area (Å²) in [5.41, 5.74) is 4.16. The van der Waals surface area contributed by atoms with E-state index in [1.54, 1.807) is 0 Å². The highest BCUT2D eigenvalue weighted by molar-refractivity contribution is 9.11. The van der Waals surface area contributed by atoms with Crippen molar-refractivity contribution in [1.82, 2.24) is 5.32 Å². The number of aryl methyl sites for hydroxylation is 2. The Morgan fingerprint density at radius 2 is 1.81 bits per heavy atom. The minimum Gasteiger partial charge on any atom is -0.313 e. The van der Waals surface area contributed by atoms with Gasteiger partial charge in [0.05, 0.1) is 3.79 Å². The van der Waals surface area contributed by atoms with E-state index in [0.717, 1.165) is 19.4 Å². The Labute approximate surface area is 140 Å². The average molecular weight is 366 g/mol. The lowest BCUT2D eigenvalue weighted by molar-refractivity contribution is 0.507. The summed E-state index contributed by atoms with van der Waals surface area (Å²) in [6.07, 6.45) is 3.37. The monoisotopic (exact) mass is 365 g/mol. The van der Waals surface area contributed by atoms with Gasteiger partial charge in [-0.3, -0.25) is 0 Å². The standard InChI is InChI=1S/C18H24BrNS/c1-4-7-20-16(12-17-5-6-18(19)21-17)11-15-9-13(2)8-14(3)10-15/h5-6,8-10,16,20H,4,7,11-12H2,1-3H3. The first-order chi connectivity index (χ1) is 10.1. The highest BCUT2D eigenvalue weighted by Crippen LogP contribution is 2.24. The number of hydrogen-bond donors (Lipinski definition) is 1. The Bertz CT molecular complexity index is 556. The van der Waals surface area contributed by atoms with Gasteiger partial charge in [0, 0.05) is 10.9 Å². The second kappa shape index (κ2) is 8.11. The molecule has 1 aromatic heterocycles. The summed E-state index contributed by atoms with van der Waals surface area (Å²) in [4.78, 5) is 1.44. The Balaban J connectivity index is 2.07. The van der Waals surface area contributed by atoms with Crippen LogP contribution in [0.3, 0.4) is 0 Å². The zero-order valence-electron chi connectivity index (χ0n) is 13.1. The van der Waals surface area contributed by atoms with E-state index < -0.39 is 0 Å². The number of rotatable bonds is 7. The molecule has 0 aliphatic heterocycles. The number of nitrogens with one attached hydrogen (secondary N) is 1. The topological polar surface area (TPSA) is 12.0 Å². The second-order valence-corrected chi connectivity index (χ2v) is 8.31. The average Bonchev–Trinajstić information content (AvgIpc) is 2.80. The third-order valence-electron chi connectivity index (χ3n) is 3.52. The van der Waals surface area contributed by atoms with Crippen LogP contribution in [0.1, 0.15) is 34.9 Å². The van der Waals surface area contributed by atoms with Crippen LogP contribution in [0.15, 0.2) is 34.1 Å². The van der Waals surface area contributed by atoms with Crippen LogP contribution in [0.25, 0.3) is 0 Å². The first-order valence-corrected chi connectivity index (χ1v) is 9.22. The fourth-order valence-electron chi connectivity index (χ4n) is 2.74. The molecule has 2 rings (SSSR count). The van der Waals surface area contributed by atoms with Crippen LogP contribution >= 0.6 is 27.3 Å². The maximum absolute atomic E-state index is 3.71. The molecule has 1 nitrogen and oxygen atoms in total. The van der Waals surface area contributed by atoms with Gasteiger partial charge in [0.2, 0.25) is 0 Å². The highest BCUT2D eigenvalue weighted by Gasteiger charge is 2.12. The van der Waals surface area contributed by atoms with E-state index in [2.05, 4.69) is 72.3 Å². The molecule has 0 amide bonds. The fraction of sp³-hybridized carbons (Fsp3) is 0.444. The highest BCUT2D eigenvalue weighted by atomic mass is 79.9.